The zero-order valence-electron chi connectivity index (χ0n) is 26.7. The minimum Gasteiger partial charge on any atom is -0.487 e. The summed E-state index contributed by atoms with van der Waals surface area (Å²) in [5.74, 6) is 0.359. The van der Waals surface area contributed by atoms with Crippen molar-refractivity contribution in [2.45, 2.75) is 66.2 Å². The number of rotatable bonds is 7. The van der Waals surface area contributed by atoms with Crippen molar-refractivity contribution in [1.82, 2.24) is 24.9 Å². The fraction of sp³-hybridized carbons (Fsp3) is 0.389. The normalized spacial score (nSPS) is 16.4. The van der Waals surface area contributed by atoms with Crippen LogP contribution >= 0.6 is 0 Å². The van der Waals surface area contributed by atoms with Crippen LogP contribution in [0, 0.1) is 19.3 Å². The van der Waals surface area contributed by atoms with Crippen molar-refractivity contribution in [2.75, 3.05) is 13.7 Å². The second-order valence-electron chi connectivity index (χ2n) is 12.6. The highest BCUT2D eigenvalue weighted by Crippen LogP contribution is 2.44. The number of hydrogen-bond acceptors (Lipinski definition) is 7. The van der Waals surface area contributed by atoms with Crippen LogP contribution in [0.4, 0.5) is 0 Å². The average Bonchev–Trinajstić information content (AvgIpc) is 3.30. The Balaban J connectivity index is 1.40. The smallest absolute Gasteiger partial charge is 0.312 e. The van der Waals surface area contributed by atoms with Gasteiger partial charge in [0, 0.05) is 38.0 Å². The number of esters is 1. The van der Waals surface area contributed by atoms with Gasteiger partial charge in [0.1, 0.15) is 17.4 Å². The van der Waals surface area contributed by atoms with Crippen LogP contribution < -0.4 is 4.74 Å². The van der Waals surface area contributed by atoms with Crippen LogP contribution in [0.2, 0.25) is 0 Å². The number of aromatic nitrogens is 4. The summed E-state index contributed by atoms with van der Waals surface area (Å²) in [6.45, 7) is 12.6. The van der Waals surface area contributed by atoms with Gasteiger partial charge in [0.05, 0.1) is 29.3 Å². The molecule has 0 fully saturated rings. The van der Waals surface area contributed by atoms with E-state index in [2.05, 4.69) is 78.4 Å². The number of hydrogen-bond donors (Lipinski definition) is 0. The van der Waals surface area contributed by atoms with Gasteiger partial charge in [0.25, 0.3) is 0 Å². The van der Waals surface area contributed by atoms with E-state index in [1.165, 1.54) is 18.2 Å². The largest absolute Gasteiger partial charge is 0.487 e. The molecule has 3 heterocycles. The van der Waals surface area contributed by atoms with E-state index in [0.717, 1.165) is 69.6 Å². The molecule has 0 bridgehead atoms. The van der Waals surface area contributed by atoms with Gasteiger partial charge < -0.3 is 9.47 Å². The predicted molar refractivity (Wildman–Crippen MR) is 173 cm³/mol. The monoisotopic (exact) mass is 591 g/mol. The molecule has 1 unspecified atom stereocenters. The Labute approximate surface area is 259 Å². The van der Waals surface area contributed by atoms with E-state index in [4.69, 9.17) is 14.5 Å². The van der Waals surface area contributed by atoms with Gasteiger partial charge in [-0.25, -0.2) is 9.67 Å². The van der Waals surface area contributed by atoms with Crippen LogP contribution in [-0.2, 0) is 29.7 Å². The summed E-state index contributed by atoms with van der Waals surface area (Å²) in [7, 11) is 3.35. The lowest BCUT2D eigenvalue weighted by molar-refractivity contribution is -0.151. The summed E-state index contributed by atoms with van der Waals surface area (Å²) >= 11 is 0. The fourth-order valence-electron chi connectivity index (χ4n) is 6.68. The van der Waals surface area contributed by atoms with Gasteiger partial charge in [0.15, 0.2) is 0 Å². The summed E-state index contributed by atoms with van der Waals surface area (Å²) in [4.78, 5) is 20.7. The molecule has 0 amide bonds. The molecule has 1 aliphatic heterocycles. The third kappa shape index (κ3) is 5.32. The molecule has 6 rings (SSSR count). The SMILES string of the molecule is CC[C@@H]1CN(Cc2cc(C(c3ccc4c(nnn4C)c3C)C(C)(C)C(=O)OC)ccc2C)Cc2nc3ccccc3cc2O1. The third-order valence-corrected chi connectivity index (χ3v) is 9.27. The van der Waals surface area contributed by atoms with Crippen LogP contribution in [-0.4, -0.2) is 50.6 Å². The van der Waals surface area contributed by atoms with E-state index in [9.17, 15) is 4.79 Å². The van der Waals surface area contributed by atoms with Gasteiger partial charge in [-0.15, -0.1) is 5.10 Å². The topological polar surface area (TPSA) is 82.4 Å². The second kappa shape index (κ2) is 11.7. The van der Waals surface area contributed by atoms with Crippen LogP contribution in [0.15, 0.2) is 60.7 Å². The molecule has 2 aromatic heterocycles. The van der Waals surface area contributed by atoms with Gasteiger partial charge in [-0.05, 0) is 80.1 Å². The zero-order valence-corrected chi connectivity index (χ0v) is 26.7. The van der Waals surface area contributed by atoms with Crippen molar-refractivity contribution in [2.24, 2.45) is 12.5 Å². The maximum absolute atomic E-state index is 13.3. The maximum Gasteiger partial charge on any atom is 0.312 e. The molecule has 1 aliphatic rings. The van der Waals surface area contributed by atoms with E-state index >= 15 is 0 Å². The number of nitrogens with zero attached hydrogens (tertiary/aromatic N) is 5. The first kappa shape index (κ1) is 29.8. The number of carbonyl (C=O) groups excluding carboxylic acids is 1. The highest BCUT2D eigenvalue weighted by molar-refractivity contribution is 5.82. The number of methoxy groups -OCH3 is 1. The Kier molecular flexibility index (Phi) is 7.88. The molecule has 0 N–H and O–H groups in total. The van der Waals surface area contributed by atoms with Crippen molar-refractivity contribution >= 4 is 27.9 Å². The number of fused-ring (bicyclic) bond motifs is 3. The molecular weight excluding hydrogens is 550 g/mol. The van der Waals surface area contributed by atoms with Gasteiger partial charge in [-0.3, -0.25) is 9.69 Å². The van der Waals surface area contributed by atoms with Crippen LogP contribution in [0.3, 0.4) is 0 Å². The molecule has 0 radical (unpaired) electrons. The number of para-hydroxylation sites is 1. The standard InChI is InChI=1S/C36H41N5O3/c1-8-27-20-41(21-30-32(44-27)18-24-11-9-10-12-29(24)37-30)19-26-17-25(14-13-22(26)2)33(36(4,5)35(42)43-7)28-15-16-31-34(23(28)3)38-39-40(31)6/h9-18,27,33H,8,19-21H2,1-7H3/t27-,33?/m1/s1. The quantitative estimate of drug-likeness (QED) is 0.196. The van der Waals surface area contributed by atoms with Gasteiger partial charge in [0.2, 0.25) is 0 Å². The first-order chi connectivity index (χ1) is 21.1. The Morgan fingerprint density at radius 2 is 1.91 bits per heavy atom. The van der Waals surface area contributed by atoms with E-state index < -0.39 is 5.41 Å². The molecule has 0 saturated carbocycles. The van der Waals surface area contributed by atoms with Crippen molar-refractivity contribution in [1.29, 1.82) is 0 Å². The Morgan fingerprint density at radius 1 is 1.11 bits per heavy atom. The lowest BCUT2D eigenvalue weighted by Crippen LogP contribution is -2.34. The van der Waals surface area contributed by atoms with E-state index in [1.807, 2.05) is 39.1 Å². The number of carbonyl (C=O) groups is 1. The van der Waals surface area contributed by atoms with Gasteiger partial charge >= 0.3 is 5.97 Å². The van der Waals surface area contributed by atoms with Crippen LogP contribution in [0.25, 0.3) is 21.9 Å². The Morgan fingerprint density at radius 3 is 2.68 bits per heavy atom. The molecule has 3 aromatic carbocycles. The summed E-state index contributed by atoms with van der Waals surface area (Å²) < 4.78 is 13.6. The molecule has 0 saturated heterocycles. The Hall–Kier alpha value is -4.30. The van der Waals surface area contributed by atoms with Crippen molar-refractivity contribution < 1.29 is 14.3 Å². The summed E-state index contributed by atoms with van der Waals surface area (Å²) in [6.07, 6.45) is 0.969. The van der Waals surface area contributed by atoms with E-state index in [0.29, 0.717) is 6.54 Å². The number of aryl methyl sites for hydroxylation is 3. The molecule has 228 valence electrons. The molecule has 0 aliphatic carbocycles. The highest BCUT2D eigenvalue weighted by atomic mass is 16.5. The fourth-order valence-corrected chi connectivity index (χ4v) is 6.68. The minimum atomic E-state index is -0.838. The van der Waals surface area contributed by atoms with E-state index in [-0.39, 0.29) is 18.0 Å². The van der Waals surface area contributed by atoms with Gasteiger partial charge in [-0.2, -0.15) is 0 Å². The molecule has 5 aromatic rings. The maximum atomic E-state index is 13.3. The number of benzene rings is 3. The molecule has 2 atom stereocenters. The number of ether oxygens (including phenoxy) is 2. The van der Waals surface area contributed by atoms with Crippen molar-refractivity contribution in [3.63, 3.8) is 0 Å². The van der Waals surface area contributed by atoms with Crippen molar-refractivity contribution in [3.8, 4) is 5.75 Å². The molecule has 44 heavy (non-hydrogen) atoms. The first-order valence-electron chi connectivity index (χ1n) is 15.3. The van der Waals surface area contributed by atoms with Crippen LogP contribution in [0.5, 0.6) is 5.75 Å². The first-order valence-corrected chi connectivity index (χ1v) is 15.3. The molecule has 8 heteroatoms. The third-order valence-electron chi connectivity index (χ3n) is 9.27. The summed E-state index contributed by atoms with van der Waals surface area (Å²) in [5.41, 5.74) is 8.45. The number of pyridine rings is 1. The second-order valence-corrected chi connectivity index (χ2v) is 12.6. The zero-order chi connectivity index (χ0) is 31.2. The van der Waals surface area contributed by atoms with E-state index in [1.54, 1.807) is 4.68 Å². The van der Waals surface area contributed by atoms with Crippen molar-refractivity contribution in [3.05, 3.63) is 94.2 Å². The van der Waals surface area contributed by atoms with Crippen LogP contribution in [0.1, 0.15) is 66.6 Å². The summed E-state index contributed by atoms with van der Waals surface area (Å²) in [6, 6.07) is 21.1. The predicted octanol–water partition coefficient (Wildman–Crippen LogP) is 6.64. The molecule has 0 spiro atoms. The molecular formula is C36H41N5O3. The van der Waals surface area contributed by atoms with Gasteiger partial charge in [-0.1, -0.05) is 54.6 Å². The molecule has 8 nitrogen and oxygen atoms in total. The lowest BCUT2D eigenvalue weighted by atomic mass is 9.69. The highest BCUT2D eigenvalue weighted by Gasteiger charge is 2.41. The Bertz CT molecular complexity index is 1860. The minimum absolute atomic E-state index is 0.0649. The summed E-state index contributed by atoms with van der Waals surface area (Å²) in [5, 5.41) is 9.78. The lowest BCUT2D eigenvalue weighted by Gasteiger charge is -2.34. The average molecular weight is 592 g/mol.